The van der Waals surface area contributed by atoms with Gasteiger partial charge in [0.15, 0.2) is 5.65 Å². The maximum absolute atomic E-state index is 5.89. The topological polar surface area (TPSA) is 61.4 Å². The van der Waals surface area contributed by atoms with Crippen LogP contribution in [0.5, 0.6) is 0 Å². The summed E-state index contributed by atoms with van der Waals surface area (Å²) in [6.07, 6.45) is 3.23. The van der Waals surface area contributed by atoms with E-state index in [9.17, 15) is 0 Å². The largest absolute Gasteiger partial charge is 0.321 e. The number of hydrogen-bond donors (Lipinski definition) is 0. The number of alkyl halides is 1. The van der Waals surface area contributed by atoms with Crippen molar-refractivity contribution in [3.63, 3.8) is 0 Å². The molecular formula is C14H17ClN6. The summed E-state index contributed by atoms with van der Waals surface area (Å²) < 4.78 is 4.07. The van der Waals surface area contributed by atoms with Gasteiger partial charge in [-0.15, -0.1) is 21.8 Å². The summed E-state index contributed by atoms with van der Waals surface area (Å²) in [6, 6.07) is 3.99. The molecule has 110 valence electrons. The maximum Gasteiger partial charge on any atom is 0.160 e. The lowest BCUT2D eigenvalue weighted by Crippen LogP contribution is -2.10. The van der Waals surface area contributed by atoms with Crippen LogP contribution in [0, 0.1) is 6.92 Å². The van der Waals surface area contributed by atoms with Crippen molar-refractivity contribution in [2.45, 2.75) is 26.3 Å². The molecule has 0 atom stereocenters. The fourth-order valence-electron chi connectivity index (χ4n) is 2.40. The molecule has 0 radical (unpaired) electrons. The van der Waals surface area contributed by atoms with Crippen LogP contribution < -0.4 is 0 Å². The molecule has 0 unspecified atom stereocenters. The lowest BCUT2D eigenvalue weighted by Gasteiger charge is -2.07. The highest BCUT2D eigenvalue weighted by atomic mass is 35.5. The third-order valence-electron chi connectivity index (χ3n) is 3.49. The summed E-state index contributed by atoms with van der Waals surface area (Å²) in [5, 5.41) is 8.03. The number of rotatable bonds is 5. The second kappa shape index (κ2) is 5.81. The van der Waals surface area contributed by atoms with Crippen LogP contribution >= 0.6 is 11.6 Å². The van der Waals surface area contributed by atoms with E-state index in [2.05, 4.69) is 24.7 Å². The van der Waals surface area contributed by atoms with Crippen molar-refractivity contribution in [1.82, 2.24) is 29.3 Å². The molecule has 0 fully saturated rings. The molecule has 0 aromatic carbocycles. The third-order valence-corrected chi connectivity index (χ3v) is 3.68. The van der Waals surface area contributed by atoms with Gasteiger partial charge in [-0.1, -0.05) is 0 Å². The summed E-state index contributed by atoms with van der Waals surface area (Å²) >= 11 is 5.89. The Morgan fingerprint density at radius 3 is 2.71 bits per heavy atom. The van der Waals surface area contributed by atoms with Crippen molar-refractivity contribution >= 4 is 22.8 Å². The van der Waals surface area contributed by atoms with E-state index in [1.165, 1.54) is 0 Å². The van der Waals surface area contributed by atoms with E-state index in [4.69, 9.17) is 11.6 Å². The molecule has 0 saturated heterocycles. The highest BCUT2D eigenvalue weighted by molar-refractivity contribution is 6.17. The van der Waals surface area contributed by atoms with Crippen LogP contribution in [0.4, 0.5) is 0 Å². The van der Waals surface area contributed by atoms with Crippen LogP contribution in [0.15, 0.2) is 18.5 Å². The van der Waals surface area contributed by atoms with E-state index in [1.54, 1.807) is 6.33 Å². The Bertz CT molecular complexity index is 760. The van der Waals surface area contributed by atoms with E-state index in [0.29, 0.717) is 5.88 Å². The van der Waals surface area contributed by atoms with Gasteiger partial charge in [0, 0.05) is 38.0 Å². The second-order valence-electron chi connectivity index (χ2n) is 5.02. The van der Waals surface area contributed by atoms with Crippen molar-refractivity contribution in [3.05, 3.63) is 35.8 Å². The van der Waals surface area contributed by atoms with Gasteiger partial charge in [-0.2, -0.15) is 0 Å². The second-order valence-corrected chi connectivity index (χ2v) is 5.40. The molecule has 0 aliphatic rings. The molecule has 3 aromatic heterocycles. The molecule has 3 heterocycles. The van der Waals surface area contributed by atoms with Gasteiger partial charge in [-0.25, -0.2) is 9.97 Å². The molecule has 0 saturated carbocycles. The van der Waals surface area contributed by atoms with Gasteiger partial charge in [-0.3, -0.25) is 0 Å². The van der Waals surface area contributed by atoms with Gasteiger partial charge in [-0.05, 0) is 19.1 Å². The van der Waals surface area contributed by atoms with Gasteiger partial charge in [0.1, 0.15) is 23.5 Å². The Labute approximate surface area is 127 Å². The molecule has 6 nitrogen and oxygen atoms in total. The highest BCUT2D eigenvalue weighted by Crippen LogP contribution is 2.16. The molecule has 0 aliphatic heterocycles. The number of pyridine rings is 1. The van der Waals surface area contributed by atoms with Gasteiger partial charge in [0.25, 0.3) is 0 Å². The number of aromatic nitrogens is 6. The first-order chi connectivity index (χ1) is 10.2. The van der Waals surface area contributed by atoms with Gasteiger partial charge in [0.2, 0.25) is 0 Å². The third kappa shape index (κ3) is 2.76. The minimum atomic E-state index is 0.548. The quantitative estimate of drug-likeness (QED) is 0.675. The summed E-state index contributed by atoms with van der Waals surface area (Å²) in [7, 11) is 1.95. The summed E-state index contributed by atoms with van der Waals surface area (Å²) in [6.45, 7) is 2.76. The van der Waals surface area contributed by atoms with Crippen LogP contribution in [0.1, 0.15) is 17.3 Å². The monoisotopic (exact) mass is 304 g/mol. The van der Waals surface area contributed by atoms with Crippen LogP contribution in [0.2, 0.25) is 0 Å². The first kappa shape index (κ1) is 14.0. The van der Waals surface area contributed by atoms with Crippen LogP contribution in [0.25, 0.3) is 11.2 Å². The van der Waals surface area contributed by atoms with Gasteiger partial charge >= 0.3 is 0 Å². The standard InChI is InChI=1S/C14H17ClN6/c1-10-3-4-11-14(17-10)21(12(18-11)5-7-15)8-6-13-19-16-9-20(13)2/h3-4,9H,5-8H2,1-2H3. The number of hydrogen-bond acceptors (Lipinski definition) is 4. The number of halogens is 1. The van der Waals surface area contributed by atoms with Crippen molar-refractivity contribution < 1.29 is 0 Å². The van der Waals surface area contributed by atoms with Gasteiger partial charge < -0.3 is 9.13 Å². The number of nitrogens with zero attached hydrogens (tertiary/aromatic N) is 6. The van der Waals surface area contributed by atoms with E-state index in [1.807, 2.05) is 30.7 Å². The van der Waals surface area contributed by atoms with Crippen LogP contribution in [0.3, 0.4) is 0 Å². The normalized spacial score (nSPS) is 11.4. The summed E-state index contributed by atoms with van der Waals surface area (Å²) in [5.74, 6) is 2.47. The zero-order valence-electron chi connectivity index (χ0n) is 12.1. The fraction of sp³-hybridized carbons (Fsp3) is 0.429. The average Bonchev–Trinajstić information content (AvgIpc) is 3.01. The fourth-order valence-corrected chi connectivity index (χ4v) is 2.57. The molecule has 21 heavy (non-hydrogen) atoms. The molecular weight excluding hydrogens is 288 g/mol. The van der Waals surface area contributed by atoms with Crippen molar-refractivity contribution in [2.75, 3.05) is 5.88 Å². The molecule has 3 aromatic rings. The predicted molar refractivity (Wildman–Crippen MR) is 81.4 cm³/mol. The van der Waals surface area contributed by atoms with Crippen molar-refractivity contribution in [3.8, 4) is 0 Å². The molecule has 7 heteroatoms. The predicted octanol–water partition coefficient (Wildman–Crippen LogP) is 1.89. The van der Waals surface area contributed by atoms with E-state index >= 15 is 0 Å². The number of aryl methyl sites for hydroxylation is 5. The minimum Gasteiger partial charge on any atom is -0.321 e. The molecule has 3 rings (SSSR count). The highest BCUT2D eigenvalue weighted by Gasteiger charge is 2.12. The Morgan fingerprint density at radius 2 is 2.00 bits per heavy atom. The van der Waals surface area contributed by atoms with Crippen LogP contribution in [-0.2, 0) is 26.4 Å². The Kier molecular flexibility index (Phi) is 3.88. The number of fused-ring (bicyclic) bond motifs is 1. The average molecular weight is 305 g/mol. The molecule has 0 amide bonds. The van der Waals surface area contributed by atoms with Crippen molar-refractivity contribution in [2.24, 2.45) is 7.05 Å². The van der Waals surface area contributed by atoms with E-state index in [0.717, 1.165) is 47.9 Å². The smallest absolute Gasteiger partial charge is 0.160 e. The zero-order chi connectivity index (χ0) is 14.8. The number of imidazole rings is 1. The van der Waals surface area contributed by atoms with E-state index < -0.39 is 0 Å². The summed E-state index contributed by atoms with van der Waals surface area (Å²) in [4.78, 5) is 9.25. The SMILES string of the molecule is Cc1ccc2nc(CCCl)n(CCc3nncn3C)c2n1. The molecule has 0 bridgehead atoms. The van der Waals surface area contributed by atoms with Crippen LogP contribution in [-0.4, -0.2) is 35.2 Å². The first-order valence-electron chi connectivity index (χ1n) is 6.90. The van der Waals surface area contributed by atoms with Gasteiger partial charge in [0.05, 0.1) is 0 Å². The Hall–Kier alpha value is -1.95. The Balaban J connectivity index is 1.96. The Morgan fingerprint density at radius 1 is 1.14 bits per heavy atom. The lowest BCUT2D eigenvalue weighted by atomic mass is 10.3. The van der Waals surface area contributed by atoms with E-state index in [-0.39, 0.29) is 0 Å². The zero-order valence-corrected chi connectivity index (χ0v) is 12.9. The summed E-state index contributed by atoms with van der Waals surface area (Å²) in [5.41, 5.74) is 2.82. The molecule has 0 aliphatic carbocycles. The minimum absolute atomic E-state index is 0.548. The van der Waals surface area contributed by atoms with Crippen molar-refractivity contribution in [1.29, 1.82) is 0 Å². The molecule has 0 N–H and O–H groups in total. The lowest BCUT2D eigenvalue weighted by molar-refractivity contribution is 0.632. The first-order valence-corrected chi connectivity index (χ1v) is 7.44. The maximum atomic E-state index is 5.89. The molecule has 0 spiro atoms.